The highest BCUT2D eigenvalue weighted by atomic mass is 16.5. The van der Waals surface area contributed by atoms with Gasteiger partial charge in [-0.3, -0.25) is 9.59 Å². The van der Waals surface area contributed by atoms with Crippen molar-refractivity contribution in [2.75, 3.05) is 13.2 Å². The van der Waals surface area contributed by atoms with E-state index in [-0.39, 0.29) is 24.7 Å². The van der Waals surface area contributed by atoms with Crippen LogP contribution in [0.4, 0.5) is 0 Å². The van der Waals surface area contributed by atoms with Crippen LogP contribution < -0.4 is 15.4 Å². The van der Waals surface area contributed by atoms with E-state index < -0.39 is 12.0 Å². The number of nitrogens with one attached hydrogen (secondary N) is 2. The van der Waals surface area contributed by atoms with Gasteiger partial charge in [0.15, 0.2) is 6.04 Å². The van der Waals surface area contributed by atoms with Crippen LogP contribution in [0, 0.1) is 0 Å². The summed E-state index contributed by atoms with van der Waals surface area (Å²) in [7, 11) is 0. The Labute approximate surface area is 140 Å². The minimum absolute atomic E-state index is 0.106. The summed E-state index contributed by atoms with van der Waals surface area (Å²) in [5.41, 5.74) is 1.47. The first-order valence-electron chi connectivity index (χ1n) is 8.05. The van der Waals surface area contributed by atoms with Crippen molar-refractivity contribution < 1.29 is 24.2 Å². The lowest BCUT2D eigenvalue weighted by Gasteiger charge is -2.16. The van der Waals surface area contributed by atoms with E-state index in [1.165, 1.54) is 0 Å². The van der Waals surface area contributed by atoms with E-state index in [0.29, 0.717) is 25.1 Å². The van der Waals surface area contributed by atoms with E-state index in [1.807, 2.05) is 6.92 Å². The third-order valence-electron chi connectivity index (χ3n) is 3.78. The number of carbonyl (C=O) groups is 3. The monoisotopic (exact) mass is 334 g/mol. The third-order valence-corrected chi connectivity index (χ3v) is 3.78. The summed E-state index contributed by atoms with van der Waals surface area (Å²) in [5.74, 6) is -0.857. The normalized spacial score (nSPS) is 13.5. The van der Waals surface area contributed by atoms with Crippen molar-refractivity contribution in [3.63, 3.8) is 0 Å². The van der Waals surface area contributed by atoms with Gasteiger partial charge in [0, 0.05) is 25.8 Å². The predicted octanol–water partition coefficient (Wildman–Crippen LogP) is 1.17. The van der Waals surface area contributed by atoms with Crippen LogP contribution in [0.3, 0.4) is 0 Å². The summed E-state index contributed by atoms with van der Waals surface area (Å²) in [4.78, 5) is 34.8. The first-order valence-corrected chi connectivity index (χ1v) is 8.05. The van der Waals surface area contributed by atoms with Crippen molar-refractivity contribution in [3.8, 4) is 5.75 Å². The quantitative estimate of drug-likeness (QED) is 0.662. The summed E-state index contributed by atoms with van der Waals surface area (Å²) < 4.78 is 5.40. The summed E-state index contributed by atoms with van der Waals surface area (Å²) in [6.07, 6.45) is 1.46. The van der Waals surface area contributed by atoms with Gasteiger partial charge >= 0.3 is 5.97 Å². The molecule has 0 saturated heterocycles. The van der Waals surface area contributed by atoms with Crippen LogP contribution in [0.5, 0.6) is 5.75 Å². The first kappa shape index (κ1) is 17.8. The predicted molar refractivity (Wildman–Crippen MR) is 86.7 cm³/mol. The summed E-state index contributed by atoms with van der Waals surface area (Å²) >= 11 is 0. The molecule has 0 fully saturated rings. The molecule has 24 heavy (non-hydrogen) atoms. The first-order chi connectivity index (χ1) is 11.5. The SMILES string of the molecule is CCNC(=O)CCCC(=O)NC(C(=O)O)c1ccc2c(c1)CCO2. The van der Waals surface area contributed by atoms with E-state index in [1.54, 1.807) is 18.2 Å². The maximum absolute atomic E-state index is 12.0. The largest absolute Gasteiger partial charge is 0.493 e. The lowest BCUT2D eigenvalue weighted by molar-refractivity contribution is -0.142. The van der Waals surface area contributed by atoms with E-state index in [2.05, 4.69) is 10.6 Å². The second kappa shape index (κ2) is 8.33. The highest BCUT2D eigenvalue weighted by molar-refractivity contribution is 5.85. The fraction of sp³-hybridized carbons (Fsp3) is 0.471. The molecule has 2 amide bonds. The molecule has 1 heterocycles. The van der Waals surface area contributed by atoms with Crippen molar-refractivity contribution in [2.24, 2.45) is 0 Å². The average molecular weight is 334 g/mol. The Morgan fingerprint density at radius 3 is 2.71 bits per heavy atom. The van der Waals surface area contributed by atoms with Crippen LogP contribution in [0.2, 0.25) is 0 Å². The molecule has 7 heteroatoms. The molecule has 0 aromatic heterocycles. The van der Waals surface area contributed by atoms with Crippen LogP contribution in [0.1, 0.15) is 43.4 Å². The van der Waals surface area contributed by atoms with Crippen LogP contribution >= 0.6 is 0 Å². The third kappa shape index (κ3) is 4.71. The number of carboxylic acids is 1. The number of aliphatic carboxylic acids is 1. The Hall–Kier alpha value is -2.57. The lowest BCUT2D eigenvalue weighted by Crippen LogP contribution is -2.33. The van der Waals surface area contributed by atoms with Gasteiger partial charge in [0.2, 0.25) is 11.8 Å². The van der Waals surface area contributed by atoms with Crippen LogP contribution in [-0.2, 0) is 20.8 Å². The number of fused-ring (bicyclic) bond motifs is 1. The average Bonchev–Trinajstić information content (AvgIpc) is 3.00. The van der Waals surface area contributed by atoms with E-state index >= 15 is 0 Å². The second-order valence-corrected chi connectivity index (χ2v) is 5.61. The van der Waals surface area contributed by atoms with Gasteiger partial charge in [-0.05, 0) is 36.6 Å². The molecule has 2 rings (SSSR count). The topological polar surface area (TPSA) is 105 Å². The van der Waals surface area contributed by atoms with Crippen molar-refractivity contribution in [2.45, 2.75) is 38.6 Å². The van der Waals surface area contributed by atoms with Gasteiger partial charge < -0.3 is 20.5 Å². The lowest BCUT2D eigenvalue weighted by atomic mass is 10.0. The Morgan fingerprint density at radius 1 is 1.25 bits per heavy atom. The van der Waals surface area contributed by atoms with Crippen molar-refractivity contribution in [1.29, 1.82) is 0 Å². The molecule has 130 valence electrons. The van der Waals surface area contributed by atoms with E-state index in [0.717, 1.165) is 17.7 Å². The summed E-state index contributed by atoms with van der Waals surface area (Å²) in [5, 5.41) is 14.6. The fourth-order valence-electron chi connectivity index (χ4n) is 2.60. The van der Waals surface area contributed by atoms with Gasteiger partial charge in [-0.15, -0.1) is 0 Å². The van der Waals surface area contributed by atoms with Gasteiger partial charge in [0.25, 0.3) is 0 Å². The Morgan fingerprint density at radius 2 is 2.00 bits per heavy atom. The van der Waals surface area contributed by atoms with Gasteiger partial charge in [0.1, 0.15) is 5.75 Å². The van der Waals surface area contributed by atoms with Crippen molar-refractivity contribution in [1.82, 2.24) is 10.6 Å². The fourth-order valence-corrected chi connectivity index (χ4v) is 2.60. The van der Waals surface area contributed by atoms with E-state index in [4.69, 9.17) is 4.74 Å². The van der Waals surface area contributed by atoms with Crippen molar-refractivity contribution >= 4 is 17.8 Å². The molecule has 0 aliphatic carbocycles. The highest BCUT2D eigenvalue weighted by Crippen LogP contribution is 2.28. The molecule has 1 aromatic carbocycles. The molecular formula is C17H22N2O5. The Bertz CT molecular complexity index is 629. The zero-order valence-electron chi connectivity index (χ0n) is 13.6. The number of carboxylic acid groups (broad SMARTS) is 1. The van der Waals surface area contributed by atoms with Gasteiger partial charge in [0.05, 0.1) is 6.61 Å². The minimum atomic E-state index is -1.12. The summed E-state index contributed by atoms with van der Waals surface area (Å²) in [6, 6.07) is 4.04. The maximum atomic E-state index is 12.0. The molecule has 1 atom stereocenters. The Kier molecular flexibility index (Phi) is 6.17. The number of rotatable bonds is 8. The number of hydrogen-bond donors (Lipinski definition) is 3. The number of ether oxygens (including phenoxy) is 1. The maximum Gasteiger partial charge on any atom is 0.330 e. The smallest absolute Gasteiger partial charge is 0.330 e. The molecule has 1 unspecified atom stereocenters. The van der Waals surface area contributed by atoms with Gasteiger partial charge in [-0.1, -0.05) is 6.07 Å². The minimum Gasteiger partial charge on any atom is -0.493 e. The molecule has 0 saturated carbocycles. The zero-order chi connectivity index (χ0) is 17.5. The van der Waals surface area contributed by atoms with Crippen LogP contribution in [0.25, 0.3) is 0 Å². The molecule has 0 spiro atoms. The van der Waals surface area contributed by atoms with Crippen LogP contribution in [0.15, 0.2) is 18.2 Å². The molecule has 0 radical (unpaired) electrons. The molecule has 0 bridgehead atoms. The number of hydrogen-bond acceptors (Lipinski definition) is 4. The standard InChI is InChI=1S/C17H22N2O5/c1-2-18-14(20)4-3-5-15(21)19-16(17(22)23)12-6-7-13-11(10-12)8-9-24-13/h6-7,10,16H,2-5,8-9H2,1H3,(H,18,20)(H,19,21)(H,22,23). The van der Waals surface area contributed by atoms with Crippen LogP contribution in [-0.4, -0.2) is 36.0 Å². The van der Waals surface area contributed by atoms with Gasteiger partial charge in [-0.25, -0.2) is 4.79 Å². The Balaban J connectivity index is 1.92. The molecule has 1 aromatic rings. The zero-order valence-corrected chi connectivity index (χ0v) is 13.6. The van der Waals surface area contributed by atoms with Crippen molar-refractivity contribution in [3.05, 3.63) is 29.3 Å². The molecule has 7 nitrogen and oxygen atoms in total. The number of benzene rings is 1. The molecule has 3 N–H and O–H groups in total. The highest BCUT2D eigenvalue weighted by Gasteiger charge is 2.24. The molecular weight excluding hydrogens is 312 g/mol. The van der Waals surface area contributed by atoms with Gasteiger partial charge in [-0.2, -0.15) is 0 Å². The molecule has 1 aliphatic heterocycles. The van der Waals surface area contributed by atoms with E-state index in [9.17, 15) is 19.5 Å². The summed E-state index contributed by atoms with van der Waals surface area (Å²) in [6.45, 7) is 2.96. The number of amides is 2. The second-order valence-electron chi connectivity index (χ2n) is 5.61. The number of carbonyl (C=O) groups excluding carboxylic acids is 2. The molecule has 1 aliphatic rings.